The van der Waals surface area contributed by atoms with Crippen LogP contribution in [0.15, 0.2) is 81.7 Å². The number of carbonyl (C=O) groups excluding carboxylic acids is 2. The van der Waals surface area contributed by atoms with Crippen LogP contribution >= 0.6 is 31.9 Å². The summed E-state index contributed by atoms with van der Waals surface area (Å²) in [6.07, 6.45) is 4.64. The number of rotatable bonds is 10. The molecule has 4 rings (SSSR count). The normalized spacial score (nSPS) is 14.2. The fraction of sp³-hybridized carbons (Fsp3) is 0.333. The first-order valence-electron chi connectivity index (χ1n) is 12.7. The Labute approximate surface area is 235 Å². The second-order valence-electron chi connectivity index (χ2n) is 9.54. The molecule has 7 heteroatoms. The fourth-order valence-corrected chi connectivity index (χ4v) is 5.15. The molecule has 1 fully saturated rings. The van der Waals surface area contributed by atoms with E-state index < -0.39 is 6.04 Å². The minimum Gasteiger partial charge on any atom is -0.484 e. The maximum Gasteiger partial charge on any atom is 0.261 e. The van der Waals surface area contributed by atoms with E-state index in [1.807, 2.05) is 79.7 Å². The van der Waals surface area contributed by atoms with Crippen molar-refractivity contribution in [3.8, 4) is 5.75 Å². The lowest BCUT2D eigenvalue weighted by atomic mass is 10.0. The average molecular weight is 628 g/mol. The van der Waals surface area contributed by atoms with Crippen molar-refractivity contribution in [3.63, 3.8) is 0 Å². The van der Waals surface area contributed by atoms with Gasteiger partial charge in [-0.3, -0.25) is 9.59 Å². The standard InChI is InChI=1S/C30H32Br2N2O3/c1-21-17-26(15-16-27(21)32)37-20-29(35)34(19-23-11-13-24(31)14-12-23)28(18-22-7-3-2-4-8-22)30(36)33-25-9-5-6-10-25/h2-4,7-8,11-17,25,28H,5-6,9-10,18-20H2,1H3,(H,33,36). The molecule has 0 bridgehead atoms. The van der Waals surface area contributed by atoms with Crippen LogP contribution in [0.1, 0.15) is 42.4 Å². The Morgan fingerprint density at radius 1 is 0.973 bits per heavy atom. The molecule has 1 unspecified atom stereocenters. The average Bonchev–Trinajstić information content (AvgIpc) is 3.41. The molecule has 194 valence electrons. The van der Waals surface area contributed by atoms with E-state index in [0.29, 0.717) is 18.7 Å². The SMILES string of the molecule is Cc1cc(OCC(=O)N(Cc2ccc(Br)cc2)C(Cc2ccccc2)C(=O)NC2CCCC2)ccc1Br. The minimum absolute atomic E-state index is 0.110. The molecule has 1 N–H and O–H groups in total. The van der Waals surface area contributed by atoms with Gasteiger partial charge in [0.05, 0.1) is 0 Å². The smallest absolute Gasteiger partial charge is 0.261 e. The first kappa shape index (κ1) is 27.4. The van der Waals surface area contributed by atoms with Gasteiger partial charge in [-0.2, -0.15) is 0 Å². The second-order valence-corrected chi connectivity index (χ2v) is 11.3. The summed E-state index contributed by atoms with van der Waals surface area (Å²) in [5.41, 5.74) is 2.98. The summed E-state index contributed by atoms with van der Waals surface area (Å²) in [6, 6.07) is 22.8. The predicted molar refractivity (Wildman–Crippen MR) is 153 cm³/mol. The van der Waals surface area contributed by atoms with Crippen LogP contribution in [0.2, 0.25) is 0 Å². The van der Waals surface area contributed by atoms with Crippen LogP contribution in [0, 0.1) is 6.92 Å². The number of carbonyl (C=O) groups is 2. The molecule has 37 heavy (non-hydrogen) atoms. The van der Waals surface area contributed by atoms with Crippen molar-refractivity contribution in [1.82, 2.24) is 10.2 Å². The van der Waals surface area contributed by atoms with Gasteiger partial charge in [-0.05, 0) is 66.8 Å². The molecule has 5 nitrogen and oxygen atoms in total. The minimum atomic E-state index is -0.658. The van der Waals surface area contributed by atoms with E-state index in [9.17, 15) is 9.59 Å². The second kappa shape index (κ2) is 13.2. The van der Waals surface area contributed by atoms with Gasteiger partial charge in [0.1, 0.15) is 11.8 Å². The monoisotopic (exact) mass is 626 g/mol. The Kier molecular flexibility index (Phi) is 9.81. The van der Waals surface area contributed by atoms with Gasteiger partial charge >= 0.3 is 0 Å². The lowest BCUT2D eigenvalue weighted by molar-refractivity contribution is -0.143. The van der Waals surface area contributed by atoms with Gasteiger partial charge in [-0.25, -0.2) is 0 Å². The Hall–Kier alpha value is -2.64. The van der Waals surface area contributed by atoms with Gasteiger partial charge in [-0.1, -0.05) is 87.2 Å². The zero-order valence-electron chi connectivity index (χ0n) is 21.0. The maximum absolute atomic E-state index is 13.7. The third-order valence-corrected chi connectivity index (χ3v) is 8.15. The Morgan fingerprint density at radius 3 is 2.35 bits per heavy atom. The fourth-order valence-electron chi connectivity index (χ4n) is 4.64. The lowest BCUT2D eigenvalue weighted by Gasteiger charge is -2.32. The summed E-state index contributed by atoms with van der Waals surface area (Å²) in [5.74, 6) is 0.277. The maximum atomic E-state index is 13.7. The van der Waals surface area contributed by atoms with Crippen LogP contribution in [-0.4, -0.2) is 35.4 Å². The Bertz CT molecular complexity index is 1200. The lowest BCUT2D eigenvalue weighted by Crippen LogP contribution is -2.53. The van der Waals surface area contributed by atoms with Gasteiger partial charge in [0, 0.05) is 28.0 Å². The molecule has 3 aromatic rings. The van der Waals surface area contributed by atoms with Gasteiger partial charge in [-0.15, -0.1) is 0 Å². The zero-order valence-corrected chi connectivity index (χ0v) is 24.1. The molecule has 3 aromatic carbocycles. The summed E-state index contributed by atoms with van der Waals surface area (Å²) >= 11 is 6.98. The van der Waals surface area contributed by atoms with Crippen LogP contribution < -0.4 is 10.1 Å². The summed E-state index contributed by atoms with van der Waals surface area (Å²) < 4.78 is 7.85. The van der Waals surface area contributed by atoms with Crippen molar-refractivity contribution in [2.45, 2.75) is 57.7 Å². The molecule has 0 heterocycles. The molecule has 0 aliphatic heterocycles. The van der Waals surface area contributed by atoms with Crippen molar-refractivity contribution in [3.05, 3.63) is 98.4 Å². The van der Waals surface area contributed by atoms with E-state index in [1.54, 1.807) is 4.90 Å². The summed E-state index contributed by atoms with van der Waals surface area (Å²) in [7, 11) is 0. The molecule has 1 aliphatic rings. The van der Waals surface area contributed by atoms with Crippen molar-refractivity contribution >= 4 is 43.7 Å². The quantitative estimate of drug-likeness (QED) is 0.276. The van der Waals surface area contributed by atoms with E-state index in [0.717, 1.165) is 51.3 Å². The number of benzene rings is 3. The summed E-state index contributed by atoms with van der Waals surface area (Å²) in [5, 5.41) is 3.23. The van der Waals surface area contributed by atoms with Gasteiger partial charge in [0.15, 0.2) is 6.61 Å². The topological polar surface area (TPSA) is 58.6 Å². The number of aryl methyl sites for hydroxylation is 1. The molecular formula is C30H32Br2N2O3. The Morgan fingerprint density at radius 2 is 1.68 bits per heavy atom. The largest absolute Gasteiger partial charge is 0.484 e. The number of ether oxygens (including phenoxy) is 1. The van der Waals surface area contributed by atoms with Gasteiger partial charge < -0.3 is 15.0 Å². The van der Waals surface area contributed by atoms with E-state index in [-0.39, 0.29) is 24.5 Å². The third kappa shape index (κ3) is 7.92. The highest BCUT2D eigenvalue weighted by molar-refractivity contribution is 9.10. The van der Waals surface area contributed by atoms with Crippen LogP contribution in [-0.2, 0) is 22.6 Å². The highest BCUT2D eigenvalue weighted by Crippen LogP contribution is 2.23. The van der Waals surface area contributed by atoms with E-state index in [4.69, 9.17) is 4.74 Å². The molecule has 0 aromatic heterocycles. The predicted octanol–water partition coefficient (Wildman–Crippen LogP) is 6.60. The number of nitrogens with zero attached hydrogens (tertiary/aromatic N) is 1. The number of hydrogen-bond donors (Lipinski definition) is 1. The number of halogens is 2. The third-order valence-electron chi connectivity index (χ3n) is 6.73. The van der Waals surface area contributed by atoms with Crippen LogP contribution in [0.4, 0.5) is 0 Å². The van der Waals surface area contributed by atoms with Crippen molar-refractivity contribution in [2.75, 3.05) is 6.61 Å². The molecule has 2 amide bonds. The zero-order chi connectivity index (χ0) is 26.2. The van der Waals surface area contributed by atoms with Crippen molar-refractivity contribution < 1.29 is 14.3 Å². The van der Waals surface area contributed by atoms with E-state index in [2.05, 4.69) is 37.2 Å². The van der Waals surface area contributed by atoms with Crippen LogP contribution in [0.25, 0.3) is 0 Å². The number of nitrogens with one attached hydrogen (secondary N) is 1. The first-order chi connectivity index (χ1) is 17.9. The van der Waals surface area contributed by atoms with E-state index in [1.165, 1.54) is 0 Å². The molecular weight excluding hydrogens is 596 g/mol. The van der Waals surface area contributed by atoms with Crippen molar-refractivity contribution in [2.24, 2.45) is 0 Å². The molecule has 0 radical (unpaired) electrons. The first-order valence-corrected chi connectivity index (χ1v) is 14.2. The van der Waals surface area contributed by atoms with Gasteiger partial charge in [0.25, 0.3) is 5.91 Å². The molecule has 0 spiro atoms. The highest BCUT2D eigenvalue weighted by atomic mass is 79.9. The number of hydrogen-bond acceptors (Lipinski definition) is 3. The molecule has 1 aliphatic carbocycles. The van der Waals surface area contributed by atoms with Crippen molar-refractivity contribution in [1.29, 1.82) is 0 Å². The van der Waals surface area contributed by atoms with E-state index >= 15 is 0 Å². The molecule has 1 saturated carbocycles. The summed E-state index contributed by atoms with van der Waals surface area (Å²) in [4.78, 5) is 29.1. The van der Waals surface area contributed by atoms with Gasteiger partial charge in [0.2, 0.25) is 5.91 Å². The van der Waals surface area contributed by atoms with Crippen LogP contribution in [0.5, 0.6) is 5.75 Å². The molecule has 1 atom stereocenters. The highest BCUT2D eigenvalue weighted by Gasteiger charge is 2.32. The van der Waals surface area contributed by atoms with Crippen LogP contribution in [0.3, 0.4) is 0 Å². The summed E-state index contributed by atoms with van der Waals surface area (Å²) in [6.45, 7) is 2.13. The molecule has 0 saturated heterocycles. The number of amides is 2. The Balaban J connectivity index is 1.60.